The minimum Gasteiger partial charge on any atom is -0.454 e. The molecule has 2 aromatic carbocycles. The smallest absolute Gasteiger partial charge is 0.338 e. The topological polar surface area (TPSA) is 97.7 Å². The van der Waals surface area contributed by atoms with Gasteiger partial charge in [0.05, 0.1) is 23.2 Å². The number of rotatable bonds is 5. The van der Waals surface area contributed by atoms with Crippen LogP contribution in [0.2, 0.25) is 0 Å². The van der Waals surface area contributed by atoms with Crippen molar-refractivity contribution in [1.29, 1.82) is 5.26 Å². The fourth-order valence-corrected chi connectivity index (χ4v) is 2.44. The summed E-state index contributed by atoms with van der Waals surface area (Å²) in [6, 6.07) is 13.1. The standard InChI is InChI=1S/C19H16N2O5/c1-12(15-6-7-16-17(8-15)26-11-25-16)21-18(22)10-24-19(23)14-4-2-13(9-20)3-5-14/h2-8,12H,10-11H2,1H3,(H,21,22)/t12-/m1/s1. The number of amides is 1. The molecule has 1 aliphatic rings. The van der Waals surface area contributed by atoms with Gasteiger partial charge < -0.3 is 19.5 Å². The van der Waals surface area contributed by atoms with Gasteiger partial charge in [0, 0.05) is 0 Å². The van der Waals surface area contributed by atoms with Gasteiger partial charge in [-0.3, -0.25) is 4.79 Å². The molecule has 1 aliphatic heterocycles. The van der Waals surface area contributed by atoms with Gasteiger partial charge in [-0.25, -0.2) is 4.79 Å². The Morgan fingerprint density at radius 1 is 1.19 bits per heavy atom. The number of carbonyl (C=O) groups is 2. The molecule has 1 heterocycles. The maximum atomic E-state index is 12.0. The van der Waals surface area contributed by atoms with Crippen molar-refractivity contribution in [3.8, 4) is 17.6 Å². The molecule has 0 saturated heterocycles. The van der Waals surface area contributed by atoms with E-state index in [1.54, 1.807) is 12.1 Å². The molecule has 7 nitrogen and oxygen atoms in total. The van der Waals surface area contributed by atoms with E-state index in [2.05, 4.69) is 5.32 Å². The molecule has 0 spiro atoms. The van der Waals surface area contributed by atoms with Gasteiger partial charge in [-0.2, -0.15) is 5.26 Å². The van der Waals surface area contributed by atoms with Crippen LogP contribution < -0.4 is 14.8 Å². The Labute approximate surface area is 150 Å². The highest BCUT2D eigenvalue weighted by atomic mass is 16.7. The lowest BCUT2D eigenvalue weighted by Crippen LogP contribution is -2.31. The van der Waals surface area contributed by atoms with Crippen molar-refractivity contribution in [2.75, 3.05) is 13.4 Å². The summed E-state index contributed by atoms with van der Waals surface area (Å²) < 4.78 is 15.6. The fourth-order valence-electron chi connectivity index (χ4n) is 2.44. The summed E-state index contributed by atoms with van der Waals surface area (Å²) in [6.45, 7) is 1.61. The number of benzene rings is 2. The van der Waals surface area contributed by atoms with Gasteiger partial charge in [0.25, 0.3) is 5.91 Å². The van der Waals surface area contributed by atoms with Gasteiger partial charge in [-0.15, -0.1) is 0 Å². The second-order valence-electron chi connectivity index (χ2n) is 5.67. The zero-order valence-corrected chi connectivity index (χ0v) is 14.0. The first-order valence-corrected chi connectivity index (χ1v) is 7.93. The average Bonchev–Trinajstić information content (AvgIpc) is 3.14. The molecule has 7 heteroatoms. The van der Waals surface area contributed by atoms with Crippen molar-refractivity contribution in [3.63, 3.8) is 0 Å². The number of ether oxygens (including phenoxy) is 3. The summed E-state index contributed by atoms with van der Waals surface area (Å²) in [5.41, 5.74) is 1.57. The number of carbonyl (C=O) groups excluding carboxylic acids is 2. The van der Waals surface area contributed by atoms with Crippen LogP contribution in [0, 0.1) is 11.3 Å². The van der Waals surface area contributed by atoms with Crippen molar-refractivity contribution in [3.05, 3.63) is 59.2 Å². The van der Waals surface area contributed by atoms with E-state index in [1.807, 2.05) is 19.1 Å². The van der Waals surface area contributed by atoms with Crippen molar-refractivity contribution in [1.82, 2.24) is 5.32 Å². The third-order valence-corrected chi connectivity index (χ3v) is 3.86. The van der Waals surface area contributed by atoms with E-state index in [4.69, 9.17) is 19.5 Å². The van der Waals surface area contributed by atoms with Crippen molar-refractivity contribution >= 4 is 11.9 Å². The van der Waals surface area contributed by atoms with Crippen LogP contribution in [0.25, 0.3) is 0 Å². The van der Waals surface area contributed by atoms with Gasteiger partial charge >= 0.3 is 5.97 Å². The largest absolute Gasteiger partial charge is 0.454 e. The second kappa shape index (κ2) is 7.57. The van der Waals surface area contributed by atoms with Gasteiger partial charge in [0.2, 0.25) is 6.79 Å². The molecule has 0 saturated carbocycles. The number of nitrogens with one attached hydrogen (secondary N) is 1. The SMILES string of the molecule is C[C@@H](NC(=O)COC(=O)c1ccc(C#N)cc1)c1ccc2c(c1)OCO2. The van der Waals surface area contributed by atoms with E-state index in [0.717, 1.165) is 5.56 Å². The Kier molecular flexibility index (Phi) is 5.04. The van der Waals surface area contributed by atoms with Crippen LogP contribution in [0.3, 0.4) is 0 Å². The predicted molar refractivity (Wildman–Crippen MR) is 90.6 cm³/mol. The molecule has 1 N–H and O–H groups in total. The molecular weight excluding hydrogens is 336 g/mol. The highest BCUT2D eigenvalue weighted by Crippen LogP contribution is 2.34. The zero-order valence-electron chi connectivity index (χ0n) is 14.0. The van der Waals surface area contributed by atoms with Crippen LogP contribution in [-0.2, 0) is 9.53 Å². The van der Waals surface area contributed by atoms with E-state index >= 15 is 0 Å². The number of nitriles is 1. The molecule has 0 fully saturated rings. The molecular formula is C19H16N2O5. The third kappa shape index (κ3) is 3.92. The van der Waals surface area contributed by atoms with Crippen LogP contribution in [0.1, 0.15) is 34.5 Å². The number of hydrogen-bond donors (Lipinski definition) is 1. The van der Waals surface area contributed by atoms with Crippen LogP contribution in [0.4, 0.5) is 0 Å². The van der Waals surface area contributed by atoms with E-state index in [0.29, 0.717) is 17.1 Å². The molecule has 0 bridgehead atoms. The Morgan fingerprint density at radius 2 is 1.92 bits per heavy atom. The first-order chi connectivity index (χ1) is 12.6. The Morgan fingerprint density at radius 3 is 2.65 bits per heavy atom. The lowest BCUT2D eigenvalue weighted by atomic mass is 10.1. The molecule has 0 aromatic heterocycles. The highest BCUT2D eigenvalue weighted by Gasteiger charge is 2.17. The average molecular weight is 352 g/mol. The Bertz CT molecular complexity index is 870. The van der Waals surface area contributed by atoms with Crippen LogP contribution in [-0.4, -0.2) is 25.3 Å². The molecule has 1 atom stereocenters. The Hall–Kier alpha value is -3.53. The molecule has 0 radical (unpaired) electrons. The molecule has 2 aromatic rings. The monoisotopic (exact) mass is 352 g/mol. The lowest BCUT2D eigenvalue weighted by Gasteiger charge is -2.15. The Balaban J connectivity index is 1.51. The zero-order chi connectivity index (χ0) is 18.5. The molecule has 3 rings (SSSR count). The van der Waals surface area contributed by atoms with E-state index in [-0.39, 0.29) is 18.4 Å². The van der Waals surface area contributed by atoms with Gasteiger partial charge in [0.1, 0.15) is 0 Å². The minimum absolute atomic E-state index is 0.185. The summed E-state index contributed by atoms with van der Waals surface area (Å²) in [5.74, 6) is 0.261. The van der Waals surface area contributed by atoms with Crippen molar-refractivity contribution in [2.24, 2.45) is 0 Å². The van der Waals surface area contributed by atoms with Gasteiger partial charge in [-0.1, -0.05) is 6.07 Å². The maximum absolute atomic E-state index is 12.0. The lowest BCUT2D eigenvalue weighted by molar-refractivity contribution is -0.124. The normalized spacial score (nSPS) is 12.8. The van der Waals surface area contributed by atoms with Crippen LogP contribution >= 0.6 is 0 Å². The van der Waals surface area contributed by atoms with Crippen molar-refractivity contribution < 1.29 is 23.8 Å². The summed E-state index contributed by atoms with van der Waals surface area (Å²) in [7, 11) is 0. The molecule has 0 unspecified atom stereocenters. The number of nitrogens with zero attached hydrogens (tertiary/aromatic N) is 1. The predicted octanol–water partition coefficient (Wildman–Crippen LogP) is 2.32. The first kappa shape index (κ1) is 17.3. The number of esters is 1. The first-order valence-electron chi connectivity index (χ1n) is 7.93. The van der Waals surface area contributed by atoms with Gasteiger partial charge in [-0.05, 0) is 48.9 Å². The molecule has 26 heavy (non-hydrogen) atoms. The van der Waals surface area contributed by atoms with E-state index in [9.17, 15) is 9.59 Å². The number of fused-ring (bicyclic) bond motifs is 1. The molecule has 1 amide bonds. The van der Waals surface area contributed by atoms with Gasteiger partial charge in [0.15, 0.2) is 18.1 Å². The quantitative estimate of drug-likeness (QED) is 0.830. The fraction of sp³-hybridized carbons (Fsp3) is 0.211. The number of hydrogen-bond acceptors (Lipinski definition) is 6. The highest BCUT2D eigenvalue weighted by molar-refractivity contribution is 5.91. The van der Waals surface area contributed by atoms with E-state index in [1.165, 1.54) is 24.3 Å². The maximum Gasteiger partial charge on any atom is 0.338 e. The molecule has 0 aliphatic carbocycles. The second-order valence-corrected chi connectivity index (χ2v) is 5.67. The summed E-state index contributed by atoms with van der Waals surface area (Å²) >= 11 is 0. The van der Waals surface area contributed by atoms with Crippen LogP contribution in [0.15, 0.2) is 42.5 Å². The third-order valence-electron chi connectivity index (χ3n) is 3.86. The summed E-state index contributed by atoms with van der Waals surface area (Å²) in [6.07, 6.45) is 0. The minimum atomic E-state index is -0.625. The summed E-state index contributed by atoms with van der Waals surface area (Å²) in [4.78, 5) is 23.9. The van der Waals surface area contributed by atoms with Crippen molar-refractivity contribution in [2.45, 2.75) is 13.0 Å². The van der Waals surface area contributed by atoms with E-state index < -0.39 is 18.5 Å². The summed E-state index contributed by atoms with van der Waals surface area (Å²) in [5, 5.41) is 11.5. The molecule has 132 valence electrons. The van der Waals surface area contributed by atoms with Crippen LogP contribution in [0.5, 0.6) is 11.5 Å².